The lowest BCUT2D eigenvalue weighted by Crippen LogP contribution is -2.60. The fourth-order valence-corrected chi connectivity index (χ4v) is 5.50. The van der Waals surface area contributed by atoms with Crippen LogP contribution in [0.3, 0.4) is 0 Å². The maximum absolute atomic E-state index is 14.3. The van der Waals surface area contributed by atoms with Crippen molar-refractivity contribution in [2.75, 3.05) is 6.54 Å². The highest BCUT2D eigenvalue weighted by molar-refractivity contribution is 7.81. The standard InChI is InChI=1S/C26H33FN4O4S2/c1-14-9-16(20-15(2)29-13-37-20)5-6-17(14)11-28-22(33)19-10-18(32)12-31(19)23(34)21(25(3,4)36)30-24(35)26(27)7-8-26/h5-6,9,13,18-19,21,32,36H,7-8,10-12H2,1-4H3,(H,28,33)(H,30,35)/t18-,19+,21?/m1/s1. The average Bonchev–Trinajstić information content (AvgIpc) is 3.23. The van der Waals surface area contributed by atoms with E-state index < -0.39 is 46.3 Å². The van der Waals surface area contributed by atoms with Crippen LogP contribution in [0.25, 0.3) is 10.4 Å². The van der Waals surface area contributed by atoms with E-state index in [1.807, 2.05) is 31.5 Å². The van der Waals surface area contributed by atoms with Crippen LogP contribution in [0, 0.1) is 13.8 Å². The van der Waals surface area contributed by atoms with Gasteiger partial charge in [-0.05, 0) is 57.2 Å². The predicted molar refractivity (Wildman–Crippen MR) is 143 cm³/mol. The smallest absolute Gasteiger partial charge is 0.258 e. The summed E-state index contributed by atoms with van der Waals surface area (Å²) >= 11 is 6.04. The Morgan fingerprint density at radius 1 is 1.32 bits per heavy atom. The molecule has 2 heterocycles. The zero-order valence-electron chi connectivity index (χ0n) is 21.4. The number of aromatic nitrogens is 1. The number of carbonyl (C=O) groups is 3. The molecular weight excluding hydrogens is 515 g/mol. The molecule has 3 amide bonds. The predicted octanol–water partition coefficient (Wildman–Crippen LogP) is 2.70. The van der Waals surface area contributed by atoms with Gasteiger partial charge in [0, 0.05) is 24.3 Å². The van der Waals surface area contributed by atoms with Gasteiger partial charge >= 0.3 is 0 Å². The zero-order chi connectivity index (χ0) is 27.1. The number of aliphatic hydroxyl groups excluding tert-OH is 1. The van der Waals surface area contributed by atoms with Crippen molar-refractivity contribution >= 4 is 41.7 Å². The van der Waals surface area contributed by atoms with Crippen molar-refractivity contribution in [1.82, 2.24) is 20.5 Å². The second-order valence-corrected chi connectivity index (χ2v) is 12.6. The summed E-state index contributed by atoms with van der Waals surface area (Å²) in [6, 6.07) is 3.91. The van der Waals surface area contributed by atoms with Gasteiger partial charge in [0.05, 0.1) is 22.2 Å². The Balaban J connectivity index is 1.45. The molecule has 11 heteroatoms. The molecule has 0 radical (unpaired) electrons. The van der Waals surface area contributed by atoms with Crippen LogP contribution in [-0.4, -0.2) is 67.9 Å². The molecule has 2 fully saturated rings. The number of alkyl halides is 1. The quantitative estimate of drug-likeness (QED) is 0.379. The Hall–Kier alpha value is -2.50. The maximum atomic E-state index is 14.3. The minimum atomic E-state index is -1.95. The molecule has 2 aliphatic rings. The number of hydrogen-bond donors (Lipinski definition) is 4. The number of thiazole rings is 1. The molecule has 4 rings (SSSR count). The van der Waals surface area contributed by atoms with Crippen LogP contribution < -0.4 is 10.6 Å². The van der Waals surface area contributed by atoms with E-state index >= 15 is 0 Å². The van der Waals surface area contributed by atoms with E-state index in [2.05, 4.69) is 34.3 Å². The Bertz CT molecular complexity index is 1210. The van der Waals surface area contributed by atoms with Gasteiger partial charge in [-0.15, -0.1) is 11.3 Å². The van der Waals surface area contributed by atoms with Gasteiger partial charge in [0.1, 0.15) is 12.1 Å². The van der Waals surface area contributed by atoms with Crippen LogP contribution in [0.5, 0.6) is 0 Å². The van der Waals surface area contributed by atoms with Gasteiger partial charge in [0.15, 0.2) is 5.67 Å². The minimum Gasteiger partial charge on any atom is -0.391 e. The average molecular weight is 549 g/mol. The summed E-state index contributed by atoms with van der Waals surface area (Å²) < 4.78 is 13.3. The molecular formula is C26H33FN4O4S2. The molecule has 3 atom stereocenters. The molecule has 1 aromatic carbocycles. The van der Waals surface area contributed by atoms with Crippen molar-refractivity contribution < 1.29 is 23.9 Å². The van der Waals surface area contributed by atoms with Gasteiger partial charge in [0.25, 0.3) is 5.91 Å². The Morgan fingerprint density at radius 2 is 2.03 bits per heavy atom. The van der Waals surface area contributed by atoms with Crippen LogP contribution in [0.2, 0.25) is 0 Å². The number of β-amino-alcohol motifs (C(OH)–C–C–N with tert-alkyl or cyclic N) is 1. The Morgan fingerprint density at radius 3 is 2.59 bits per heavy atom. The molecule has 3 N–H and O–H groups in total. The number of thiol groups is 1. The van der Waals surface area contributed by atoms with E-state index in [9.17, 15) is 23.9 Å². The first-order chi connectivity index (χ1) is 17.3. The van der Waals surface area contributed by atoms with Crippen molar-refractivity contribution in [3.05, 3.63) is 40.5 Å². The molecule has 1 saturated heterocycles. The lowest BCUT2D eigenvalue weighted by Gasteiger charge is -2.35. The Labute approximate surface area is 225 Å². The molecule has 1 aliphatic heterocycles. The normalized spacial score (nSPS) is 21.4. The molecule has 1 aromatic heterocycles. The lowest BCUT2D eigenvalue weighted by molar-refractivity contribution is -0.143. The second-order valence-electron chi connectivity index (χ2n) is 10.5. The summed E-state index contributed by atoms with van der Waals surface area (Å²) in [6.45, 7) is 7.40. The molecule has 1 unspecified atom stereocenters. The summed E-state index contributed by atoms with van der Waals surface area (Å²) in [5, 5.41) is 15.7. The zero-order valence-corrected chi connectivity index (χ0v) is 23.1. The third kappa shape index (κ3) is 5.99. The monoisotopic (exact) mass is 548 g/mol. The van der Waals surface area contributed by atoms with E-state index in [1.54, 1.807) is 25.2 Å². The largest absolute Gasteiger partial charge is 0.391 e. The van der Waals surface area contributed by atoms with Gasteiger partial charge in [-0.25, -0.2) is 9.37 Å². The number of hydrogen-bond acceptors (Lipinski definition) is 7. The second kappa shape index (κ2) is 10.3. The number of benzene rings is 1. The summed E-state index contributed by atoms with van der Waals surface area (Å²) in [5.74, 6) is -1.83. The maximum Gasteiger partial charge on any atom is 0.258 e. The number of amides is 3. The SMILES string of the molecule is Cc1cc(-c2scnc2C)ccc1CNC(=O)[C@@H]1C[C@@H](O)CN1C(=O)C(NC(=O)C1(F)CC1)C(C)(C)S. The van der Waals surface area contributed by atoms with Crippen LogP contribution in [0.4, 0.5) is 4.39 Å². The van der Waals surface area contributed by atoms with Crippen LogP contribution in [0.15, 0.2) is 23.7 Å². The summed E-state index contributed by atoms with van der Waals surface area (Å²) in [4.78, 5) is 45.7. The fourth-order valence-electron chi connectivity index (χ4n) is 4.52. The van der Waals surface area contributed by atoms with Gasteiger partial charge in [-0.2, -0.15) is 12.6 Å². The van der Waals surface area contributed by atoms with Crippen molar-refractivity contribution in [3.63, 3.8) is 0 Å². The molecule has 37 heavy (non-hydrogen) atoms. The van der Waals surface area contributed by atoms with E-state index in [0.29, 0.717) is 0 Å². The van der Waals surface area contributed by atoms with E-state index in [-0.39, 0.29) is 32.4 Å². The third-order valence-electron chi connectivity index (χ3n) is 6.99. The number of nitrogens with zero attached hydrogens (tertiary/aromatic N) is 2. The fraction of sp³-hybridized carbons (Fsp3) is 0.538. The minimum absolute atomic E-state index is 0.0597. The lowest BCUT2D eigenvalue weighted by atomic mass is 10.00. The first kappa shape index (κ1) is 27.5. The molecule has 1 saturated carbocycles. The van der Waals surface area contributed by atoms with Crippen molar-refractivity contribution in [3.8, 4) is 10.4 Å². The number of rotatable bonds is 8. The molecule has 200 valence electrons. The van der Waals surface area contributed by atoms with Crippen LogP contribution in [0.1, 0.15) is 49.9 Å². The third-order valence-corrected chi connectivity index (χ3v) is 8.23. The highest BCUT2D eigenvalue weighted by Crippen LogP contribution is 2.40. The number of aliphatic hydroxyl groups is 1. The van der Waals surface area contributed by atoms with Crippen molar-refractivity contribution in [2.45, 2.75) is 82.1 Å². The van der Waals surface area contributed by atoms with Gasteiger partial charge < -0.3 is 20.6 Å². The molecule has 8 nitrogen and oxygen atoms in total. The highest BCUT2D eigenvalue weighted by Gasteiger charge is 2.53. The topological polar surface area (TPSA) is 112 Å². The first-order valence-electron chi connectivity index (χ1n) is 12.3. The number of aryl methyl sites for hydroxylation is 2. The van der Waals surface area contributed by atoms with Gasteiger partial charge in [-0.1, -0.05) is 18.2 Å². The number of halogens is 1. The summed E-state index contributed by atoms with van der Waals surface area (Å²) in [7, 11) is 0. The number of carbonyl (C=O) groups excluding carboxylic acids is 3. The number of nitrogens with one attached hydrogen (secondary N) is 2. The molecule has 0 spiro atoms. The van der Waals surface area contributed by atoms with Crippen LogP contribution in [-0.2, 0) is 20.9 Å². The van der Waals surface area contributed by atoms with E-state index in [0.717, 1.165) is 27.3 Å². The summed E-state index contributed by atoms with van der Waals surface area (Å²) in [6.07, 6.45) is -0.589. The van der Waals surface area contributed by atoms with Crippen LogP contribution >= 0.6 is 24.0 Å². The summed E-state index contributed by atoms with van der Waals surface area (Å²) in [5.41, 5.74) is 3.81. The van der Waals surface area contributed by atoms with E-state index in [1.165, 1.54) is 4.90 Å². The molecule has 1 aliphatic carbocycles. The molecule has 2 aromatic rings. The number of likely N-dealkylation sites (tertiary alicyclic amines) is 1. The van der Waals surface area contributed by atoms with Crippen molar-refractivity contribution in [1.29, 1.82) is 0 Å². The Kier molecular flexibility index (Phi) is 7.69. The highest BCUT2D eigenvalue weighted by atomic mass is 32.1. The first-order valence-corrected chi connectivity index (χ1v) is 13.6. The van der Waals surface area contributed by atoms with Gasteiger partial charge in [-0.3, -0.25) is 14.4 Å². The molecule has 0 bridgehead atoms. The van der Waals surface area contributed by atoms with Crippen molar-refractivity contribution in [2.24, 2.45) is 0 Å². The van der Waals surface area contributed by atoms with E-state index in [4.69, 9.17) is 0 Å². The van der Waals surface area contributed by atoms with Gasteiger partial charge in [0.2, 0.25) is 11.8 Å².